The monoisotopic (exact) mass is 367 g/mol. The Bertz CT molecular complexity index is 763. The molecule has 0 radical (unpaired) electrons. The molecule has 0 saturated carbocycles. The Morgan fingerprint density at radius 1 is 1.15 bits per heavy atom. The number of amides is 1. The molecule has 0 unspecified atom stereocenters. The van der Waals surface area contributed by atoms with Crippen LogP contribution in [-0.4, -0.2) is 49.3 Å². The number of rotatable bonds is 7. The van der Waals surface area contributed by atoms with Gasteiger partial charge in [-0.05, 0) is 62.2 Å². The Labute approximate surface area is 161 Å². The lowest BCUT2D eigenvalue weighted by Gasteiger charge is -2.21. The predicted molar refractivity (Wildman–Crippen MR) is 110 cm³/mol. The van der Waals surface area contributed by atoms with Gasteiger partial charge in [-0.1, -0.05) is 24.3 Å². The average Bonchev–Trinajstić information content (AvgIpc) is 3.14. The number of nitrogens with zero attached hydrogens (tertiary/aromatic N) is 1. The molecule has 2 aromatic carbocycles. The molecule has 0 aromatic heterocycles. The van der Waals surface area contributed by atoms with Crippen LogP contribution in [-0.2, 0) is 0 Å². The summed E-state index contributed by atoms with van der Waals surface area (Å²) in [6, 6.07) is 16.1. The molecule has 1 atom stereocenters. The lowest BCUT2D eigenvalue weighted by molar-refractivity contribution is 0.0562. The van der Waals surface area contributed by atoms with Crippen LogP contribution in [0.3, 0.4) is 0 Å². The second-order valence-electron chi connectivity index (χ2n) is 7.13. The first-order valence-corrected chi connectivity index (χ1v) is 9.71. The molecule has 3 N–H and O–H groups in total. The number of hydrogen-bond donors (Lipinski definition) is 3. The maximum absolute atomic E-state index is 12.5. The summed E-state index contributed by atoms with van der Waals surface area (Å²) in [6.45, 7) is 7.83. The van der Waals surface area contributed by atoms with Crippen molar-refractivity contribution in [1.29, 1.82) is 0 Å². The van der Waals surface area contributed by atoms with Gasteiger partial charge in [0.1, 0.15) is 0 Å². The number of carbonyl (C=O) groups is 1. The van der Waals surface area contributed by atoms with E-state index in [0.29, 0.717) is 18.5 Å². The van der Waals surface area contributed by atoms with Gasteiger partial charge in [-0.3, -0.25) is 4.79 Å². The Morgan fingerprint density at radius 2 is 1.89 bits per heavy atom. The summed E-state index contributed by atoms with van der Waals surface area (Å²) in [5.41, 5.74) is 3.06. The van der Waals surface area contributed by atoms with Gasteiger partial charge in [-0.2, -0.15) is 0 Å². The van der Waals surface area contributed by atoms with Gasteiger partial charge in [0, 0.05) is 37.4 Å². The van der Waals surface area contributed by atoms with Gasteiger partial charge in [0.05, 0.1) is 5.60 Å². The van der Waals surface area contributed by atoms with Crippen molar-refractivity contribution in [2.45, 2.75) is 25.9 Å². The van der Waals surface area contributed by atoms with E-state index in [0.717, 1.165) is 30.8 Å². The number of aliphatic hydroxyl groups is 1. The molecular weight excluding hydrogens is 338 g/mol. The van der Waals surface area contributed by atoms with Gasteiger partial charge in [0.15, 0.2) is 0 Å². The van der Waals surface area contributed by atoms with Crippen molar-refractivity contribution in [3.63, 3.8) is 0 Å². The SMILES string of the molecule is CCN(CC)c1ccc(-c2cccc(C(=O)NC[C@]3(O)CCNC3)c2)cc1. The highest BCUT2D eigenvalue weighted by atomic mass is 16.3. The summed E-state index contributed by atoms with van der Waals surface area (Å²) in [7, 11) is 0. The standard InChI is InChI=1S/C22H29N3O2/c1-3-25(4-2)20-10-8-17(9-11-20)18-6-5-7-19(14-18)21(26)24-16-22(27)12-13-23-15-22/h5-11,14,23,27H,3-4,12-13,15-16H2,1-2H3,(H,24,26)/t22-/m0/s1. The summed E-state index contributed by atoms with van der Waals surface area (Å²) in [6.07, 6.45) is 0.659. The minimum atomic E-state index is -0.840. The molecule has 1 fully saturated rings. The van der Waals surface area contributed by atoms with Crippen molar-refractivity contribution >= 4 is 11.6 Å². The van der Waals surface area contributed by atoms with Crippen LogP contribution in [0.15, 0.2) is 48.5 Å². The quantitative estimate of drug-likeness (QED) is 0.704. The Balaban J connectivity index is 1.70. The van der Waals surface area contributed by atoms with E-state index in [2.05, 4.69) is 53.6 Å². The highest BCUT2D eigenvalue weighted by Gasteiger charge is 2.31. The molecule has 0 spiro atoms. The summed E-state index contributed by atoms with van der Waals surface area (Å²) in [5.74, 6) is -0.156. The average molecular weight is 367 g/mol. The Kier molecular flexibility index (Phi) is 6.14. The first kappa shape index (κ1) is 19.4. The molecule has 144 valence electrons. The number of β-amino-alcohol motifs (C(OH)–C–C–N with tert-alkyl or cyclic N) is 1. The van der Waals surface area contributed by atoms with Gasteiger partial charge < -0.3 is 20.6 Å². The summed E-state index contributed by atoms with van der Waals surface area (Å²) in [4.78, 5) is 14.8. The van der Waals surface area contributed by atoms with E-state index in [9.17, 15) is 9.90 Å². The molecular formula is C22H29N3O2. The van der Waals surface area contributed by atoms with Crippen LogP contribution in [0.2, 0.25) is 0 Å². The molecule has 0 bridgehead atoms. The van der Waals surface area contributed by atoms with E-state index in [1.807, 2.05) is 18.2 Å². The third kappa shape index (κ3) is 4.67. The lowest BCUT2D eigenvalue weighted by atomic mass is 10.0. The maximum atomic E-state index is 12.5. The van der Waals surface area contributed by atoms with Crippen LogP contribution < -0.4 is 15.5 Å². The van der Waals surface area contributed by atoms with E-state index in [-0.39, 0.29) is 12.5 Å². The van der Waals surface area contributed by atoms with Crippen molar-refractivity contribution in [1.82, 2.24) is 10.6 Å². The second kappa shape index (κ2) is 8.55. The first-order valence-electron chi connectivity index (χ1n) is 9.71. The summed E-state index contributed by atoms with van der Waals surface area (Å²) in [5, 5.41) is 16.3. The van der Waals surface area contributed by atoms with Crippen LogP contribution >= 0.6 is 0 Å². The van der Waals surface area contributed by atoms with Crippen LogP contribution in [0.1, 0.15) is 30.6 Å². The van der Waals surface area contributed by atoms with Crippen molar-refractivity contribution in [3.05, 3.63) is 54.1 Å². The molecule has 1 aliphatic rings. The number of benzene rings is 2. The van der Waals surface area contributed by atoms with E-state index < -0.39 is 5.60 Å². The third-order valence-electron chi connectivity index (χ3n) is 5.25. The molecule has 3 rings (SSSR count). The van der Waals surface area contributed by atoms with E-state index in [4.69, 9.17) is 0 Å². The Hall–Kier alpha value is -2.37. The zero-order valence-electron chi connectivity index (χ0n) is 16.2. The highest BCUT2D eigenvalue weighted by molar-refractivity contribution is 5.95. The number of carbonyl (C=O) groups excluding carboxylic acids is 1. The highest BCUT2D eigenvalue weighted by Crippen LogP contribution is 2.24. The Morgan fingerprint density at radius 3 is 2.52 bits per heavy atom. The zero-order chi connectivity index (χ0) is 19.3. The predicted octanol–water partition coefficient (Wildman–Crippen LogP) is 2.65. The second-order valence-corrected chi connectivity index (χ2v) is 7.13. The fourth-order valence-corrected chi connectivity index (χ4v) is 3.52. The molecule has 2 aromatic rings. The first-order chi connectivity index (χ1) is 13.0. The topological polar surface area (TPSA) is 64.6 Å². The van der Waals surface area contributed by atoms with Crippen LogP contribution in [0.5, 0.6) is 0 Å². The van der Waals surface area contributed by atoms with Gasteiger partial charge >= 0.3 is 0 Å². The van der Waals surface area contributed by atoms with Crippen molar-refractivity contribution in [2.75, 3.05) is 37.6 Å². The fraction of sp³-hybridized carbons (Fsp3) is 0.409. The molecule has 1 heterocycles. The van der Waals surface area contributed by atoms with Crippen molar-refractivity contribution < 1.29 is 9.90 Å². The number of nitrogens with one attached hydrogen (secondary N) is 2. The van der Waals surface area contributed by atoms with Crippen molar-refractivity contribution in [3.8, 4) is 11.1 Å². The number of anilines is 1. The van der Waals surface area contributed by atoms with Gasteiger partial charge in [-0.25, -0.2) is 0 Å². The zero-order valence-corrected chi connectivity index (χ0v) is 16.2. The fourth-order valence-electron chi connectivity index (χ4n) is 3.52. The normalized spacial score (nSPS) is 19.1. The van der Waals surface area contributed by atoms with Gasteiger partial charge in [0.25, 0.3) is 5.91 Å². The molecule has 5 nitrogen and oxygen atoms in total. The van der Waals surface area contributed by atoms with Gasteiger partial charge in [0.2, 0.25) is 0 Å². The summed E-state index contributed by atoms with van der Waals surface area (Å²) >= 11 is 0. The molecule has 1 amide bonds. The smallest absolute Gasteiger partial charge is 0.251 e. The largest absolute Gasteiger partial charge is 0.387 e. The number of hydrogen-bond acceptors (Lipinski definition) is 4. The van der Waals surface area contributed by atoms with Crippen LogP contribution in [0, 0.1) is 0 Å². The van der Waals surface area contributed by atoms with E-state index >= 15 is 0 Å². The maximum Gasteiger partial charge on any atom is 0.251 e. The van der Waals surface area contributed by atoms with Crippen LogP contribution in [0.4, 0.5) is 5.69 Å². The molecule has 0 aliphatic carbocycles. The van der Waals surface area contributed by atoms with Gasteiger partial charge in [-0.15, -0.1) is 0 Å². The van der Waals surface area contributed by atoms with E-state index in [1.54, 1.807) is 6.07 Å². The molecule has 1 saturated heterocycles. The van der Waals surface area contributed by atoms with Crippen LogP contribution in [0.25, 0.3) is 11.1 Å². The lowest BCUT2D eigenvalue weighted by Crippen LogP contribution is -2.44. The van der Waals surface area contributed by atoms with E-state index in [1.165, 1.54) is 5.69 Å². The molecule has 5 heteroatoms. The molecule has 1 aliphatic heterocycles. The minimum Gasteiger partial charge on any atom is -0.387 e. The molecule has 27 heavy (non-hydrogen) atoms. The summed E-state index contributed by atoms with van der Waals surface area (Å²) < 4.78 is 0. The third-order valence-corrected chi connectivity index (χ3v) is 5.25. The van der Waals surface area contributed by atoms with Crippen molar-refractivity contribution in [2.24, 2.45) is 0 Å². The minimum absolute atomic E-state index is 0.156.